The third-order valence-corrected chi connectivity index (χ3v) is 5.38. The van der Waals surface area contributed by atoms with Gasteiger partial charge in [-0.2, -0.15) is 10.2 Å². The fourth-order valence-electron chi connectivity index (χ4n) is 2.73. The van der Waals surface area contributed by atoms with Gasteiger partial charge in [0, 0.05) is 0 Å². The van der Waals surface area contributed by atoms with Gasteiger partial charge in [-0.25, -0.2) is 15.1 Å². The van der Waals surface area contributed by atoms with Crippen LogP contribution in [0.25, 0.3) is 16.7 Å². The molecule has 7 nitrogen and oxygen atoms in total. The van der Waals surface area contributed by atoms with E-state index in [1.807, 2.05) is 61.5 Å². The number of thioether (sulfide) groups is 1. The highest BCUT2D eigenvalue weighted by Gasteiger charge is 2.13. The molecule has 0 saturated heterocycles. The molecule has 2 heterocycles. The molecule has 0 bridgehead atoms. The van der Waals surface area contributed by atoms with E-state index in [9.17, 15) is 4.79 Å². The summed E-state index contributed by atoms with van der Waals surface area (Å²) in [5.41, 5.74) is 6.54. The van der Waals surface area contributed by atoms with Gasteiger partial charge in [-0.3, -0.25) is 4.79 Å². The lowest BCUT2D eigenvalue weighted by atomic mass is 10.3. The van der Waals surface area contributed by atoms with E-state index < -0.39 is 0 Å². The second-order valence-electron chi connectivity index (χ2n) is 6.18. The molecule has 0 aliphatic rings. The summed E-state index contributed by atoms with van der Waals surface area (Å²) < 4.78 is 1.64. The molecule has 0 aliphatic heterocycles. The molecular formula is C20H17ClN6OS. The van der Waals surface area contributed by atoms with Crippen molar-refractivity contribution in [3.8, 4) is 5.69 Å². The Kier molecular flexibility index (Phi) is 5.64. The fourth-order valence-corrected chi connectivity index (χ4v) is 3.73. The van der Waals surface area contributed by atoms with E-state index >= 15 is 0 Å². The number of nitrogens with zero attached hydrogens (tertiary/aromatic N) is 4. The van der Waals surface area contributed by atoms with Crippen molar-refractivity contribution in [3.05, 3.63) is 71.0 Å². The van der Waals surface area contributed by atoms with Gasteiger partial charge in [0.05, 0.1) is 39.9 Å². The van der Waals surface area contributed by atoms with Gasteiger partial charge in [-0.05, 0) is 31.2 Å². The van der Waals surface area contributed by atoms with Crippen LogP contribution in [0.15, 0.2) is 64.9 Å². The van der Waals surface area contributed by atoms with Crippen LogP contribution in [0.1, 0.15) is 11.3 Å². The Hall–Kier alpha value is -3.10. The number of aromatic amines is 1. The van der Waals surface area contributed by atoms with Crippen molar-refractivity contribution in [1.82, 2.24) is 25.2 Å². The molecule has 0 fully saturated rings. The minimum Gasteiger partial charge on any atom is -0.333 e. The Morgan fingerprint density at radius 3 is 2.79 bits per heavy atom. The summed E-state index contributed by atoms with van der Waals surface area (Å²) in [6.45, 7) is 1.84. The number of nitrogens with one attached hydrogen (secondary N) is 2. The van der Waals surface area contributed by atoms with E-state index in [0.717, 1.165) is 16.7 Å². The first-order valence-corrected chi connectivity index (χ1v) is 10.2. The summed E-state index contributed by atoms with van der Waals surface area (Å²) >= 11 is 7.75. The molecule has 0 spiro atoms. The Balaban J connectivity index is 1.37. The summed E-state index contributed by atoms with van der Waals surface area (Å²) in [5, 5.41) is 9.58. The standard InChI is InChI=1S/C20H17ClN6OS/c1-13-15(19(21)27(26-13)14-7-3-2-4-8-14)11-22-25-18(28)12-29-20-23-16-9-5-6-10-17(16)24-20/h2-11H,12H2,1H3,(H,23,24)(H,25,28)/b22-11+. The fraction of sp³-hybridized carbons (Fsp3) is 0.100. The van der Waals surface area contributed by atoms with E-state index in [-0.39, 0.29) is 11.7 Å². The normalized spacial score (nSPS) is 11.4. The highest BCUT2D eigenvalue weighted by atomic mass is 35.5. The number of aromatic nitrogens is 4. The molecule has 0 saturated carbocycles. The molecule has 146 valence electrons. The van der Waals surface area contributed by atoms with E-state index in [4.69, 9.17) is 11.6 Å². The van der Waals surface area contributed by atoms with E-state index in [1.54, 1.807) is 4.68 Å². The summed E-state index contributed by atoms with van der Waals surface area (Å²) in [6, 6.07) is 17.3. The average Bonchev–Trinajstić information content (AvgIpc) is 3.28. The summed E-state index contributed by atoms with van der Waals surface area (Å²) in [5.74, 6) is -0.0522. The van der Waals surface area contributed by atoms with Gasteiger partial charge in [0.2, 0.25) is 0 Å². The van der Waals surface area contributed by atoms with Crippen LogP contribution in [0, 0.1) is 6.92 Å². The number of hydrogen-bond acceptors (Lipinski definition) is 5. The van der Waals surface area contributed by atoms with Crippen LogP contribution in [0.4, 0.5) is 0 Å². The minimum absolute atomic E-state index is 0.188. The zero-order valence-corrected chi connectivity index (χ0v) is 17.0. The van der Waals surface area contributed by atoms with Crippen molar-refractivity contribution >= 4 is 46.5 Å². The Morgan fingerprint density at radius 2 is 2.00 bits per heavy atom. The molecule has 4 rings (SSSR count). The Morgan fingerprint density at radius 1 is 1.24 bits per heavy atom. The lowest BCUT2D eigenvalue weighted by Gasteiger charge is -2.02. The second kappa shape index (κ2) is 8.50. The Bertz CT molecular complexity index is 1150. The first-order chi connectivity index (χ1) is 14.1. The number of halogens is 1. The van der Waals surface area contributed by atoms with Gasteiger partial charge in [0.15, 0.2) is 5.16 Å². The highest BCUT2D eigenvalue weighted by molar-refractivity contribution is 7.99. The third-order valence-electron chi connectivity index (χ3n) is 4.14. The van der Waals surface area contributed by atoms with Crippen LogP contribution in [0.3, 0.4) is 0 Å². The monoisotopic (exact) mass is 424 g/mol. The van der Waals surface area contributed by atoms with Gasteiger partial charge in [0.1, 0.15) is 5.15 Å². The maximum absolute atomic E-state index is 12.1. The zero-order valence-electron chi connectivity index (χ0n) is 15.5. The van der Waals surface area contributed by atoms with Crippen LogP contribution >= 0.6 is 23.4 Å². The summed E-state index contributed by atoms with van der Waals surface area (Å²) in [7, 11) is 0. The van der Waals surface area contributed by atoms with Gasteiger partial charge >= 0.3 is 0 Å². The van der Waals surface area contributed by atoms with Gasteiger partial charge in [-0.15, -0.1) is 0 Å². The molecular weight excluding hydrogens is 408 g/mol. The summed E-state index contributed by atoms with van der Waals surface area (Å²) in [6.07, 6.45) is 1.51. The van der Waals surface area contributed by atoms with Gasteiger partial charge in [0.25, 0.3) is 5.91 Å². The molecule has 2 aromatic carbocycles. The lowest BCUT2D eigenvalue weighted by molar-refractivity contribution is -0.118. The van der Waals surface area contributed by atoms with Crippen molar-refractivity contribution < 1.29 is 4.79 Å². The van der Waals surface area contributed by atoms with Gasteiger partial charge < -0.3 is 4.98 Å². The number of carbonyl (C=O) groups excluding carboxylic acids is 1. The second-order valence-corrected chi connectivity index (χ2v) is 7.50. The molecule has 0 atom stereocenters. The molecule has 4 aromatic rings. The third kappa shape index (κ3) is 4.33. The SMILES string of the molecule is Cc1nn(-c2ccccc2)c(Cl)c1/C=N/NC(=O)CSc1nc2ccccc2[nH]1. The smallest absolute Gasteiger partial charge is 0.250 e. The quantitative estimate of drug-likeness (QED) is 0.278. The van der Waals surface area contributed by atoms with Crippen LogP contribution in [0.2, 0.25) is 5.15 Å². The van der Waals surface area contributed by atoms with Crippen molar-refractivity contribution in [1.29, 1.82) is 0 Å². The number of hydrazone groups is 1. The number of hydrogen-bond donors (Lipinski definition) is 2. The number of rotatable bonds is 6. The van der Waals surface area contributed by atoms with E-state index in [2.05, 4.69) is 25.6 Å². The van der Waals surface area contributed by atoms with Crippen molar-refractivity contribution in [3.63, 3.8) is 0 Å². The van der Waals surface area contributed by atoms with Crippen molar-refractivity contribution in [2.24, 2.45) is 5.10 Å². The number of carbonyl (C=O) groups is 1. The van der Waals surface area contributed by atoms with Crippen molar-refractivity contribution in [2.45, 2.75) is 12.1 Å². The largest absolute Gasteiger partial charge is 0.333 e. The first kappa shape index (κ1) is 19.2. The molecule has 1 amide bonds. The Labute approximate surface area is 176 Å². The number of aryl methyl sites for hydroxylation is 1. The van der Waals surface area contributed by atoms with E-state index in [0.29, 0.717) is 21.6 Å². The number of amides is 1. The molecule has 0 radical (unpaired) electrons. The van der Waals surface area contributed by atoms with Crippen molar-refractivity contribution in [2.75, 3.05) is 5.75 Å². The molecule has 0 aliphatic carbocycles. The summed E-state index contributed by atoms with van der Waals surface area (Å²) in [4.78, 5) is 19.7. The zero-order chi connectivity index (χ0) is 20.2. The minimum atomic E-state index is -0.240. The maximum Gasteiger partial charge on any atom is 0.250 e. The number of para-hydroxylation sites is 3. The van der Waals surface area contributed by atoms with E-state index in [1.165, 1.54) is 18.0 Å². The maximum atomic E-state index is 12.1. The van der Waals surface area contributed by atoms with Crippen LogP contribution in [-0.2, 0) is 4.79 Å². The number of H-pyrrole nitrogens is 1. The van der Waals surface area contributed by atoms with Crippen LogP contribution in [-0.4, -0.2) is 37.6 Å². The van der Waals surface area contributed by atoms with Crippen LogP contribution in [0.5, 0.6) is 0 Å². The molecule has 9 heteroatoms. The van der Waals surface area contributed by atoms with Crippen LogP contribution < -0.4 is 5.43 Å². The number of benzene rings is 2. The average molecular weight is 425 g/mol. The molecule has 2 aromatic heterocycles. The predicted octanol–water partition coefficient (Wildman–Crippen LogP) is 3.95. The molecule has 2 N–H and O–H groups in total. The molecule has 29 heavy (non-hydrogen) atoms. The molecule has 0 unspecified atom stereocenters. The predicted molar refractivity (Wildman–Crippen MR) is 116 cm³/mol. The lowest BCUT2D eigenvalue weighted by Crippen LogP contribution is -2.19. The topological polar surface area (TPSA) is 88.0 Å². The number of fused-ring (bicyclic) bond motifs is 1. The number of imidazole rings is 1. The van der Waals surface area contributed by atoms with Gasteiger partial charge in [-0.1, -0.05) is 53.7 Å². The highest BCUT2D eigenvalue weighted by Crippen LogP contribution is 2.22. The first-order valence-electron chi connectivity index (χ1n) is 8.82.